The van der Waals surface area contributed by atoms with Gasteiger partial charge in [0.2, 0.25) is 0 Å². The summed E-state index contributed by atoms with van der Waals surface area (Å²) in [6.45, 7) is 0. The zero-order chi connectivity index (χ0) is 9.10. The van der Waals surface area contributed by atoms with E-state index in [0.29, 0.717) is 0 Å². The van der Waals surface area contributed by atoms with E-state index in [1.807, 2.05) is 18.2 Å². The van der Waals surface area contributed by atoms with Crippen molar-refractivity contribution < 1.29 is 4.84 Å². The quantitative estimate of drug-likeness (QED) is 0.662. The third-order valence-electron chi connectivity index (χ3n) is 2.10. The molecule has 2 rings (SSSR count). The van der Waals surface area contributed by atoms with Crippen LogP contribution in [0.15, 0.2) is 29.3 Å². The first-order valence-corrected chi connectivity index (χ1v) is 4.34. The molecule has 0 bridgehead atoms. The highest BCUT2D eigenvalue weighted by molar-refractivity contribution is 5.86. The molecule has 13 heavy (non-hydrogen) atoms. The van der Waals surface area contributed by atoms with Gasteiger partial charge in [0, 0.05) is 6.42 Å². The number of rotatable bonds is 1. The first-order chi connectivity index (χ1) is 6.40. The molecule has 0 aliphatic carbocycles. The average molecular weight is 176 g/mol. The normalized spacial score (nSPS) is 14.7. The molecule has 1 aliphatic rings. The van der Waals surface area contributed by atoms with Gasteiger partial charge in [0.25, 0.3) is 0 Å². The first-order valence-electron chi connectivity index (χ1n) is 4.34. The number of aryl methyl sites for hydroxylation is 1. The lowest BCUT2D eigenvalue weighted by Crippen LogP contribution is -2.24. The number of amidine groups is 1. The molecule has 3 heteroatoms. The summed E-state index contributed by atoms with van der Waals surface area (Å²) in [7, 11) is 1.60. The molecule has 1 aliphatic heterocycles. The van der Waals surface area contributed by atoms with Crippen LogP contribution < -0.4 is 5.48 Å². The van der Waals surface area contributed by atoms with E-state index in [0.717, 1.165) is 24.4 Å². The second kappa shape index (κ2) is 3.58. The second-order valence-electron chi connectivity index (χ2n) is 2.99. The summed E-state index contributed by atoms with van der Waals surface area (Å²) in [6.07, 6.45) is 1.95. The summed E-state index contributed by atoms with van der Waals surface area (Å²) in [4.78, 5) is 9.23. The molecule has 1 aromatic rings. The number of hydrogen-bond acceptors (Lipinski definition) is 3. The molecule has 0 amide bonds. The summed E-state index contributed by atoms with van der Waals surface area (Å²) in [6, 6.07) is 8.18. The summed E-state index contributed by atoms with van der Waals surface area (Å²) in [5, 5.41) is 0. The number of nitrogens with one attached hydrogen (secondary N) is 1. The van der Waals surface area contributed by atoms with Gasteiger partial charge in [-0.15, -0.1) is 0 Å². The fourth-order valence-corrected chi connectivity index (χ4v) is 1.48. The second-order valence-corrected chi connectivity index (χ2v) is 2.99. The van der Waals surface area contributed by atoms with Crippen LogP contribution in [0.4, 0.5) is 5.69 Å². The first kappa shape index (κ1) is 8.26. The van der Waals surface area contributed by atoms with E-state index < -0.39 is 0 Å². The fourth-order valence-electron chi connectivity index (χ4n) is 1.48. The van der Waals surface area contributed by atoms with Crippen LogP contribution in [-0.4, -0.2) is 12.9 Å². The number of benzene rings is 1. The lowest BCUT2D eigenvalue weighted by molar-refractivity contribution is 0.142. The van der Waals surface area contributed by atoms with E-state index in [1.54, 1.807) is 7.11 Å². The van der Waals surface area contributed by atoms with Gasteiger partial charge in [-0.25, -0.2) is 4.99 Å². The molecule has 0 spiro atoms. The van der Waals surface area contributed by atoms with Gasteiger partial charge < -0.3 is 0 Å². The van der Waals surface area contributed by atoms with Crippen molar-refractivity contribution in [2.24, 2.45) is 4.99 Å². The van der Waals surface area contributed by atoms with Gasteiger partial charge in [-0.05, 0) is 18.1 Å². The molecular weight excluding hydrogens is 164 g/mol. The van der Waals surface area contributed by atoms with Gasteiger partial charge in [-0.1, -0.05) is 18.2 Å². The molecule has 0 fully saturated rings. The molecule has 0 atom stereocenters. The van der Waals surface area contributed by atoms with E-state index >= 15 is 0 Å². The maximum absolute atomic E-state index is 4.82. The van der Waals surface area contributed by atoms with Crippen LogP contribution in [-0.2, 0) is 11.3 Å². The fraction of sp³-hybridized carbons (Fsp3) is 0.300. The topological polar surface area (TPSA) is 33.6 Å². The Bertz CT molecular complexity index is 333. The summed E-state index contributed by atoms with van der Waals surface area (Å²) < 4.78 is 0. The summed E-state index contributed by atoms with van der Waals surface area (Å²) in [5.74, 6) is 0.904. The third-order valence-corrected chi connectivity index (χ3v) is 2.10. The van der Waals surface area contributed by atoms with Crippen LogP contribution in [0.3, 0.4) is 0 Å². The highest BCUT2D eigenvalue weighted by atomic mass is 16.6. The predicted octanol–water partition coefficient (Wildman–Crippen LogP) is 1.81. The number of para-hydroxylation sites is 1. The van der Waals surface area contributed by atoms with Crippen LogP contribution in [0.1, 0.15) is 12.0 Å². The standard InChI is InChI=1S/C10H12N2O/c1-13-12-10-7-6-8-4-2-3-5-9(8)11-10/h2-5H,6-7H2,1H3,(H,11,12). The SMILES string of the molecule is CONC1=Nc2ccccc2CC1. The third kappa shape index (κ3) is 1.70. The van der Waals surface area contributed by atoms with E-state index in [4.69, 9.17) is 4.84 Å². The van der Waals surface area contributed by atoms with Crippen molar-refractivity contribution >= 4 is 11.5 Å². The minimum Gasteiger partial charge on any atom is -0.278 e. The number of hydroxylamine groups is 1. The molecule has 0 unspecified atom stereocenters. The van der Waals surface area contributed by atoms with Crippen molar-refractivity contribution in [3.05, 3.63) is 29.8 Å². The molecule has 0 aromatic heterocycles. The highest BCUT2D eigenvalue weighted by Crippen LogP contribution is 2.24. The van der Waals surface area contributed by atoms with E-state index in [9.17, 15) is 0 Å². The van der Waals surface area contributed by atoms with Crippen molar-refractivity contribution in [1.29, 1.82) is 0 Å². The Morgan fingerprint density at radius 1 is 1.31 bits per heavy atom. The van der Waals surface area contributed by atoms with Crippen LogP contribution >= 0.6 is 0 Å². The maximum atomic E-state index is 4.82. The van der Waals surface area contributed by atoms with Crippen LogP contribution in [0.5, 0.6) is 0 Å². The van der Waals surface area contributed by atoms with Crippen molar-refractivity contribution in [1.82, 2.24) is 5.48 Å². The van der Waals surface area contributed by atoms with Crippen molar-refractivity contribution in [3.63, 3.8) is 0 Å². The molecule has 68 valence electrons. The smallest absolute Gasteiger partial charge is 0.126 e. The van der Waals surface area contributed by atoms with E-state index in [-0.39, 0.29) is 0 Å². The van der Waals surface area contributed by atoms with Gasteiger partial charge >= 0.3 is 0 Å². The number of aliphatic imine (C=N–C) groups is 1. The van der Waals surface area contributed by atoms with Gasteiger partial charge in [0.05, 0.1) is 12.8 Å². The predicted molar refractivity (Wildman–Crippen MR) is 52.0 cm³/mol. The number of hydrogen-bond donors (Lipinski definition) is 1. The van der Waals surface area contributed by atoms with Crippen molar-refractivity contribution in [2.75, 3.05) is 7.11 Å². The van der Waals surface area contributed by atoms with E-state index in [1.165, 1.54) is 5.56 Å². The van der Waals surface area contributed by atoms with Gasteiger partial charge in [0.15, 0.2) is 0 Å². The Labute approximate surface area is 77.4 Å². The Morgan fingerprint density at radius 3 is 3.00 bits per heavy atom. The Morgan fingerprint density at radius 2 is 2.15 bits per heavy atom. The van der Waals surface area contributed by atoms with Crippen LogP contribution in [0.25, 0.3) is 0 Å². The Balaban J connectivity index is 2.28. The lowest BCUT2D eigenvalue weighted by atomic mass is 10.0. The molecule has 1 aromatic carbocycles. The molecule has 0 saturated carbocycles. The molecule has 0 radical (unpaired) electrons. The van der Waals surface area contributed by atoms with Crippen LogP contribution in [0, 0.1) is 0 Å². The minimum absolute atomic E-state index is 0.904. The molecule has 1 N–H and O–H groups in total. The Kier molecular flexibility index (Phi) is 2.27. The molecular formula is C10H12N2O. The highest BCUT2D eigenvalue weighted by Gasteiger charge is 2.10. The monoisotopic (exact) mass is 176 g/mol. The number of nitrogens with zero attached hydrogens (tertiary/aromatic N) is 1. The minimum atomic E-state index is 0.904. The molecule has 1 heterocycles. The zero-order valence-electron chi connectivity index (χ0n) is 7.58. The van der Waals surface area contributed by atoms with Gasteiger partial charge in [0.1, 0.15) is 5.84 Å². The number of fused-ring (bicyclic) bond motifs is 1. The van der Waals surface area contributed by atoms with Crippen molar-refractivity contribution in [3.8, 4) is 0 Å². The molecule has 3 nitrogen and oxygen atoms in total. The summed E-state index contributed by atoms with van der Waals surface area (Å²) >= 11 is 0. The zero-order valence-corrected chi connectivity index (χ0v) is 7.58. The molecule has 0 saturated heterocycles. The Hall–Kier alpha value is -1.35. The summed E-state index contributed by atoms with van der Waals surface area (Å²) in [5.41, 5.74) is 5.13. The van der Waals surface area contributed by atoms with E-state index in [2.05, 4.69) is 16.5 Å². The van der Waals surface area contributed by atoms with Crippen LogP contribution in [0.2, 0.25) is 0 Å². The van der Waals surface area contributed by atoms with Gasteiger partial charge in [-0.2, -0.15) is 0 Å². The largest absolute Gasteiger partial charge is 0.278 e. The van der Waals surface area contributed by atoms with Crippen molar-refractivity contribution in [2.45, 2.75) is 12.8 Å². The average Bonchev–Trinajstić information content (AvgIpc) is 2.18. The lowest BCUT2D eigenvalue weighted by Gasteiger charge is -2.14. The van der Waals surface area contributed by atoms with Gasteiger partial charge in [-0.3, -0.25) is 10.3 Å². The maximum Gasteiger partial charge on any atom is 0.126 e.